The Morgan fingerprint density at radius 2 is 0.400 bits per heavy atom. The fourth-order valence-electron chi connectivity index (χ4n) is 0. The van der Waals surface area contributed by atoms with Crippen LogP contribution in [0.25, 0.3) is 0 Å². The predicted octanol–water partition coefficient (Wildman–Crippen LogP) is -1.90. The van der Waals surface area contributed by atoms with Gasteiger partial charge in [0, 0.05) is 105 Å². The van der Waals surface area contributed by atoms with Crippen molar-refractivity contribution < 1.29 is 0 Å². The largest absolute Gasteiger partial charge is 0 e. The van der Waals surface area contributed by atoms with Crippen LogP contribution in [0, 0.1) is 0 Å². The maximum absolute atomic E-state index is 0. The zero-order valence-electron chi connectivity index (χ0n) is 5.00. The van der Waals surface area contributed by atoms with E-state index in [4.69, 9.17) is 0 Å². The summed E-state index contributed by atoms with van der Waals surface area (Å²) in [6.45, 7) is 0. The van der Waals surface area contributed by atoms with Gasteiger partial charge in [0.2, 0.25) is 0 Å². The first-order valence-corrected chi connectivity index (χ1v) is 0. The van der Waals surface area contributed by atoms with Gasteiger partial charge in [0.1, 0.15) is 0 Å². The topological polar surface area (TPSA) is 0 Å². The second-order valence-corrected chi connectivity index (χ2v) is 0. The molecule has 5 heavy (non-hydrogen) atoms. The minimum atomic E-state index is 0. The fraction of sp³-hybridized carbons (Fsp3) is 0. The smallest absolute Gasteiger partial charge is 0 e. The maximum Gasteiger partial charge on any atom is 0 e. The summed E-state index contributed by atoms with van der Waals surface area (Å²) in [5.74, 6) is 0. The minimum absolute atomic E-state index is 0. The van der Waals surface area contributed by atoms with E-state index >= 15 is 0 Å². The Balaban J connectivity index is 0. The van der Waals surface area contributed by atoms with Gasteiger partial charge in [-0.05, 0) is 0 Å². The molecule has 0 aromatic carbocycles. The fourth-order valence-corrected chi connectivity index (χ4v) is 0. The summed E-state index contributed by atoms with van der Waals surface area (Å²) in [4.78, 5) is 0. The molecular formula is Li4Na. The molecule has 5 valence electrons. The van der Waals surface area contributed by atoms with Crippen molar-refractivity contribution in [3.8, 4) is 0 Å². The Kier molecular flexibility index (Phi) is 209. The minimum Gasteiger partial charge on any atom is 0 e. The molecule has 0 atom stereocenters. The summed E-state index contributed by atoms with van der Waals surface area (Å²) < 4.78 is 0. The molecule has 5 radical (unpaired) electrons. The third kappa shape index (κ3) is 18.7. The van der Waals surface area contributed by atoms with Gasteiger partial charge < -0.3 is 0 Å². The van der Waals surface area contributed by atoms with Gasteiger partial charge in [-0.15, -0.1) is 0 Å². The average Bonchev–Trinajstić information content (AvgIpc) is 0. The molecule has 0 aliphatic rings. The quantitative estimate of drug-likeness (QED) is 0.282. The van der Waals surface area contributed by atoms with Crippen molar-refractivity contribution in [2.75, 3.05) is 0 Å². The molecule has 5 heteroatoms. The first kappa shape index (κ1) is 39.9. The van der Waals surface area contributed by atoms with Crippen LogP contribution in [0.3, 0.4) is 0 Å². The van der Waals surface area contributed by atoms with Gasteiger partial charge in [0.15, 0.2) is 0 Å². The van der Waals surface area contributed by atoms with E-state index < -0.39 is 0 Å². The summed E-state index contributed by atoms with van der Waals surface area (Å²) in [7, 11) is 0. The van der Waals surface area contributed by atoms with E-state index in [-0.39, 0.29) is 105 Å². The third-order valence-corrected chi connectivity index (χ3v) is 0. The van der Waals surface area contributed by atoms with E-state index in [1.807, 2.05) is 0 Å². The zero-order chi connectivity index (χ0) is 0. The first-order chi connectivity index (χ1) is 0. The van der Waals surface area contributed by atoms with Crippen molar-refractivity contribution in [1.82, 2.24) is 0 Å². The van der Waals surface area contributed by atoms with Crippen molar-refractivity contribution >= 4 is 105 Å². The molecule has 0 amide bonds. The van der Waals surface area contributed by atoms with Gasteiger partial charge in [0.05, 0.1) is 0 Å². The molecule has 0 nitrogen and oxygen atoms in total. The normalized spacial score (nSPS) is 0. The van der Waals surface area contributed by atoms with Crippen molar-refractivity contribution in [2.45, 2.75) is 0 Å². The predicted molar refractivity (Wildman–Crippen MR) is 28.8 cm³/mol. The van der Waals surface area contributed by atoms with Gasteiger partial charge >= 0.3 is 0 Å². The maximum atomic E-state index is 0. The Labute approximate surface area is 103 Å². The van der Waals surface area contributed by atoms with E-state index in [0.29, 0.717) is 0 Å². The Hall–Kier alpha value is 3.39. The molecular weight excluding hydrogens is 50.8 g/mol. The molecule has 0 fully saturated rings. The van der Waals surface area contributed by atoms with Gasteiger partial charge in [-0.2, -0.15) is 0 Å². The summed E-state index contributed by atoms with van der Waals surface area (Å²) in [6, 6.07) is 0. The van der Waals surface area contributed by atoms with Crippen LogP contribution in [0.4, 0.5) is 0 Å². The van der Waals surface area contributed by atoms with Crippen LogP contribution >= 0.6 is 0 Å². The Morgan fingerprint density at radius 3 is 0.400 bits per heavy atom. The molecule has 0 aliphatic carbocycles. The van der Waals surface area contributed by atoms with Crippen LogP contribution in [-0.2, 0) is 0 Å². The molecule has 0 aromatic heterocycles. The van der Waals surface area contributed by atoms with E-state index in [0.717, 1.165) is 0 Å². The zero-order valence-corrected chi connectivity index (χ0v) is 7.00. The summed E-state index contributed by atoms with van der Waals surface area (Å²) >= 11 is 0. The molecule has 0 spiro atoms. The summed E-state index contributed by atoms with van der Waals surface area (Å²) in [6.07, 6.45) is 0. The average molecular weight is 50.8 g/mol. The molecule has 0 unspecified atom stereocenters. The Bertz CT molecular complexity index is 3.61. The van der Waals surface area contributed by atoms with Crippen LogP contribution in [-0.4, -0.2) is 105 Å². The Morgan fingerprint density at radius 1 is 0.400 bits per heavy atom. The van der Waals surface area contributed by atoms with Crippen LogP contribution < -0.4 is 0 Å². The summed E-state index contributed by atoms with van der Waals surface area (Å²) in [5.41, 5.74) is 0. The van der Waals surface area contributed by atoms with Crippen molar-refractivity contribution in [1.29, 1.82) is 0 Å². The molecule has 0 bridgehead atoms. The van der Waals surface area contributed by atoms with E-state index in [2.05, 4.69) is 0 Å². The molecule has 0 N–H and O–H groups in total. The van der Waals surface area contributed by atoms with Gasteiger partial charge in [-0.3, -0.25) is 0 Å². The van der Waals surface area contributed by atoms with Crippen LogP contribution in [0.1, 0.15) is 0 Å². The molecule has 0 saturated carbocycles. The summed E-state index contributed by atoms with van der Waals surface area (Å²) in [5, 5.41) is 0. The van der Waals surface area contributed by atoms with Crippen LogP contribution in [0.15, 0.2) is 0 Å². The second kappa shape index (κ2) is 26.3. The van der Waals surface area contributed by atoms with Gasteiger partial charge in [0.25, 0.3) is 0 Å². The van der Waals surface area contributed by atoms with Crippen molar-refractivity contribution in [3.05, 3.63) is 0 Å². The molecule has 0 saturated heterocycles. The first-order valence-electron chi connectivity index (χ1n) is 0. The molecule has 0 aromatic rings. The third-order valence-electron chi connectivity index (χ3n) is 0. The standard InChI is InChI=1S/4Li.Na. The number of hydrogen-bond donors (Lipinski definition) is 0. The molecule has 0 heterocycles. The molecule has 0 aliphatic heterocycles. The van der Waals surface area contributed by atoms with Gasteiger partial charge in [-0.1, -0.05) is 0 Å². The SMILES string of the molecule is [Li].[Li].[Li].[Li].[Na]. The van der Waals surface area contributed by atoms with Crippen LogP contribution in [0.2, 0.25) is 0 Å². The monoisotopic (exact) mass is 51.1 g/mol. The van der Waals surface area contributed by atoms with Crippen molar-refractivity contribution in [3.63, 3.8) is 0 Å². The van der Waals surface area contributed by atoms with Gasteiger partial charge in [-0.25, -0.2) is 0 Å². The van der Waals surface area contributed by atoms with Crippen molar-refractivity contribution in [2.24, 2.45) is 0 Å². The molecule has 0 rings (SSSR count). The second-order valence-electron chi connectivity index (χ2n) is 0. The van der Waals surface area contributed by atoms with E-state index in [1.165, 1.54) is 0 Å². The van der Waals surface area contributed by atoms with E-state index in [1.54, 1.807) is 0 Å². The number of rotatable bonds is 0. The van der Waals surface area contributed by atoms with Crippen LogP contribution in [0.5, 0.6) is 0 Å². The number of hydrogen-bond acceptors (Lipinski definition) is 0. The van der Waals surface area contributed by atoms with E-state index in [9.17, 15) is 0 Å².